The van der Waals surface area contributed by atoms with Gasteiger partial charge in [0.05, 0.1) is 0 Å². The van der Waals surface area contributed by atoms with Crippen molar-refractivity contribution in [2.24, 2.45) is 0 Å². The molecule has 6 heteroatoms. The van der Waals surface area contributed by atoms with E-state index in [1.54, 1.807) is 12.1 Å². The van der Waals surface area contributed by atoms with Gasteiger partial charge in [0.25, 0.3) is 0 Å². The number of thiophene rings is 1. The van der Waals surface area contributed by atoms with Crippen LogP contribution in [0.1, 0.15) is 30.6 Å². The molecule has 1 saturated carbocycles. The first-order valence-corrected chi connectivity index (χ1v) is 8.14. The van der Waals surface area contributed by atoms with E-state index in [0.29, 0.717) is 10.6 Å². The van der Waals surface area contributed by atoms with Gasteiger partial charge in [-0.3, -0.25) is 0 Å². The lowest BCUT2D eigenvalue weighted by molar-refractivity contribution is 0.300. The molecule has 2 rings (SSSR count). The molecule has 0 bridgehead atoms. The van der Waals surface area contributed by atoms with Gasteiger partial charge < -0.3 is 5.11 Å². The maximum Gasteiger partial charge on any atom is 0.250 e. The summed E-state index contributed by atoms with van der Waals surface area (Å²) in [4.78, 5) is 0.902. The van der Waals surface area contributed by atoms with E-state index >= 15 is 0 Å². The highest BCUT2D eigenvalue weighted by Crippen LogP contribution is 2.24. The molecule has 1 fully saturated rings. The third-order valence-corrected chi connectivity index (χ3v) is 6.09. The van der Waals surface area contributed by atoms with Gasteiger partial charge in [-0.15, -0.1) is 11.3 Å². The van der Waals surface area contributed by atoms with Crippen molar-refractivity contribution in [3.05, 3.63) is 17.0 Å². The molecule has 0 atom stereocenters. The van der Waals surface area contributed by atoms with Crippen molar-refractivity contribution in [2.75, 3.05) is 6.61 Å². The van der Waals surface area contributed by atoms with E-state index in [2.05, 4.69) is 4.72 Å². The molecule has 1 heterocycles. The van der Waals surface area contributed by atoms with Gasteiger partial charge in [0.15, 0.2) is 0 Å². The third-order valence-electron chi connectivity index (χ3n) is 2.94. The molecule has 0 radical (unpaired) electrons. The highest BCUT2D eigenvalue weighted by Gasteiger charge is 2.23. The first-order chi connectivity index (χ1) is 8.12. The summed E-state index contributed by atoms with van der Waals surface area (Å²) in [5.74, 6) is 0. The normalized spacial score (nSPS) is 17.7. The molecule has 17 heavy (non-hydrogen) atoms. The molecule has 0 aromatic carbocycles. The van der Waals surface area contributed by atoms with Gasteiger partial charge in [-0.1, -0.05) is 12.8 Å². The second-order valence-electron chi connectivity index (χ2n) is 4.30. The Morgan fingerprint density at radius 2 is 2.06 bits per heavy atom. The third kappa shape index (κ3) is 3.28. The molecule has 1 aromatic rings. The van der Waals surface area contributed by atoms with E-state index in [9.17, 15) is 8.42 Å². The average molecular weight is 275 g/mol. The van der Waals surface area contributed by atoms with Gasteiger partial charge in [0.2, 0.25) is 10.0 Å². The Hall–Kier alpha value is -0.430. The zero-order valence-electron chi connectivity index (χ0n) is 9.55. The maximum absolute atomic E-state index is 12.0. The number of hydrogen-bond donors (Lipinski definition) is 2. The van der Waals surface area contributed by atoms with Crippen molar-refractivity contribution in [1.29, 1.82) is 0 Å². The number of hydrogen-bond acceptors (Lipinski definition) is 4. The van der Waals surface area contributed by atoms with Crippen LogP contribution in [0.4, 0.5) is 0 Å². The number of rotatable bonds is 5. The predicted molar refractivity (Wildman–Crippen MR) is 67.7 cm³/mol. The van der Waals surface area contributed by atoms with Crippen LogP contribution < -0.4 is 4.72 Å². The minimum Gasteiger partial charge on any atom is -0.396 e. The van der Waals surface area contributed by atoms with Crippen LogP contribution >= 0.6 is 11.3 Å². The number of sulfonamides is 1. The Morgan fingerprint density at radius 1 is 1.35 bits per heavy atom. The molecular formula is C11H17NO3S2. The molecule has 1 aliphatic rings. The Morgan fingerprint density at radius 3 is 2.71 bits per heavy atom. The van der Waals surface area contributed by atoms with Crippen LogP contribution in [0.5, 0.6) is 0 Å². The van der Waals surface area contributed by atoms with Crippen molar-refractivity contribution in [2.45, 2.75) is 42.4 Å². The molecule has 1 aliphatic carbocycles. The summed E-state index contributed by atoms with van der Waals surface area (Å²) in [6.45, 7) is 0.0516. The van der Waals surface area contributed by atoms with E-state index in [4.69, 9.17) is 5.11 Å². The largest absolute Gasteiger partial charge is 0.396 e. The Balaban J connectivity index is 2.07. The zero-order valence-corrected chi connectivity index (χ0v) is 11.2. The fourth-order valence-corrected chi connectivity index (χ4v) is 4.73. The van der Waals surface area contributed by atoms with Gasteiger partial charge in [0, 0.05) is 23.9 Å². The summed E-state index contributed by atoms with van der Waals surface area (Å²) in [6.07, 6.45) is 4.60. The highest BCUT2D eigenvalue weighted by molar-refractivity contribution is 7.91. The van der Waals surface area contributed by atoms with Gasteiger partial charge in [-0.05, 0) is 25.0 Å². The first kappa shape index (κ1) is 13.0. The second kappa shape index (κ2) is 5.48. The van der Waals surface area contributed by atoms with Crippen LogP contribution in [0.3, 0.4) is 0 Å². The Kier molecular flexibility index (Phi) is 4.19. The first-order valence-electron chi connectivity index (χ1n) is 5.84. The molecule has 1 aromatic heterocycles. The van der Waals surface area contributed by atoms with Crippen LogP contribution in [0, 0.1) is 0 Å². The quantitative estimate of drug-likeness (QED) is 0.856. The average Bonchev–Trinajstić information content (AvgIpc) is 2.88. The summed E-state index contributed by atoms with van der Waals surface area (Å²) in [5.41, 5.74) is 0. The predicted octanol–water partition coefficient (Wildman–Crippen LogP) is 1.50. The lowest BCUT2D eigenvalue weighted by Gasteiger charge is -2.10. The molecule has 0 aliphatic heterocycles. The summed E-state index contributed by atoms with van der Waals surface area (Å²) in [7, 11) is -3.35. The standard InChI is InChI=1S/C11H17NO3S2/c13-8-7-10-5-6-11(16-10)17(14,15)12-9-3-1-2-4-9/h5-6,9,12-13H,1-4,7-8H2. The molecule has 2 N–H and O–H groups in total. The monoisotopic (exact) mass is 275 g/mol. The van der Waals surface area contributed by atoms with Crippen LogP contribution in [-0.4, -0.2) is 26.2 Å². The number of nitrogens with one attached hydrogen (secondary N) is 1. The Bertz CT molecular complexity index is 461. The fourth-order valence-electron chi connectivity index (χ4n) is 2.07. The van der Waals surface area contributed by atoms with Gasteiger partial charge in [0.1, 0.15) is 4.21 Å². The lowest BCUT2D eigenvalue weighted by atomic mass is 10.3. The molecule has 4 nitrogen and oxygen atoms in total. The van der Waals surface area contributed by atoms with Crippen LogP contribution in [0.25, 0.3) is 0 Å². The van der Waals surface area contributed by atoms with Crippen molar-refractivity contribution in [3.63, 3.8) is 0 Å². The topological polar surface area (TPSA) is 66.4 Å². The molecule has 0 amide bonds. The number of aliphatic hydroxyl groups excluding tert-OH is 1. The van der Waals surface area contributed by atoms with Crippen LogP contribution in [0.2, 0.25) is 0 Å². The zero-order chi connectivity index (χ0) is 12.3. The van der Waals surface area contributed by atoms with E-state index in [0.717, 1.165) is 30.6 Å². The van der Waals surface area contributed by atoms with E-state index in [1.165, 1.54) is 11.3 Å². The fraction of sp³-hybridized carbons (Fsp3) is 0.636. The van der Waals surface area contributed by atoms with Gasteiger partial charge in [-0.2, -0.15) is 0 Å². The smallest absolute Gasteiger partial charge is 0.250 e. The van der Waals surface area contributed by atoms with Crippen molar-refractivity contribution >= 4 is 21.4 Å². The lowest BCUT2D eigenvalue weighted by Crippen LogP contribution is -2.32. The van der Waals surface area contributed by atoms with E-state index < -0.39 is 10.0 Å². The Labute approximate surface area is 106 Å². The summed E-state index contributed by atoms with van der Waals surface area (Å²) >= 11 is 1.24. The second-order valence-corrected chi connectivity index (χ2v) is 7.41. The van der Waals surface area contributed by atoms with Gasteiger partial charge in [-0.25, -0.2) is 13.1 Å². The number of aliphatic hydroxyl groups is 1. The molecule has 0 unspecified atom stereocenters. The summed E-state index contributed by atoms with van der Waals surface area (Å²) < 4.78 is 27.2. The van der Waals surface area contributed by atoms with Crippen LogP contribution in [0.15, 0.2) is 16.3 Å². The molecule has 96 valence electrons. The highest BCUT2D eigenvalue weighted by atomic mass is 32.2. The summed E-state index contributed by atoms with van der Waals surface area (Å²) in [6, 6.07) is 3.49. The minimum absolute atomic E-state index is 0.0516. The molecular weight excluding hydrogens is 258 g/mol. The van der Waals surface area contributed by atoms with Crippen molar-refractivity contribution in [3.8, 4) is 0 Å². The van der Waals surface area contributed by atoms with E-state index in [-0.39, 0.29) is 12.6 Å². The van der Waals surface area contributed by atoms with Crippen molar-refractivity contribution in [1.82, 2.24) is 4.72 Å². The minimum atomic E-state index is -3.35. The maximum atomic E-state index is 12.0. The van der Waals surface area contributed by atoms with Crippen molar-refractivity contribution < 1.29 is 13.5 Å². The van der Waals surface area contributed by atoms with Crippen LogP contribution in [-0.2, 0) is 16.4 Å². The SMILES string of the molecule is O=S(=O)(NC1CCCC1)c1ccc(CCO)s1. The van der Waals surface area contributed by atoms with E-state index in [1.807, 2.05) is 0 Å². The summed E-state index contributed by atoms with van der Waals surface area (Å²) in [5, 5.41) is 8.80. The molecule has 0 saturated heterocycles. The molecule has 0 spiro atoms. The van der Waals surface area contributed by atoms with Gasteiger partial charge >= 0.3 is 0 Å².